The molecule has 4 heterocycles. The summed E-state index contributed by atoms with van der Waals surface area (Å²) in [5.41, 5.74) is 5.22. The van der Waals surface area contributed by atoms with E-state index in [1.165, 1.54) is 0 Å². The van der Waals surface area contributed by atoms with Gasteiger partial charge in [-0.25, -0.2) is 4.98 Å². The van der Waals surface area contributed by atoms with Crippen molar-refractivity contribution >= 4 is 37.6 Å². The predicted molar refractivity (Wildman–Crippen MR) is 126 cm³/mol. The Kier molecular flexibility index (Phi) is 4.55. The molecule has 6 nitrogen and oxygen atoms in total. The third-order valence-electron chi connectivity index (χ3n) is 5.70. The summed E-state index contributed by atoms with van der Waals surface area (Å²) in [4.78, 5) is 8.31. The number of hydrogen-bond donors (Lipinski definition) is 1. The Labute approximate surface area is 183 Å². The first kappa shape index (κ1) is 18.4. The minimum atomic E-state index is 0.884. The number of thiophene rings is 1. The third kappa shape index (κ3) is 3.22. The van der Waals surface area contributed by atoms with E-state index < -0.39 is 0 Å². The Morgan fingerprint density at radius 3 is 2.29 bits per heavy atom. The third-order valence-corrected chi connectivity index (χ3v) is 6.76. The molecule has 0 unspecified atom stereocenters. The van der Waals surface area contributed by atoms with E-state index in [1.807, 2.05) is 24.3 Å². The van der Waals surface area contributed by atoms with Gasteiger partial charge < -0.3 is 10.2 Å². The van der Waals surface area contributed by atoms with Gasteiger partial charge in [-0.1, -0.05) is 60.7 Å². The number of pyridine rings is 1. The number of rotatable bonds is 3. The average Bonchev–Trinajstić information content (AvgIpc) is 3.24. The highest BCUT2D eigenvalue weighted by Crippen LogP contribution is 2.42. The molecule has 1 fully saturated rings. The van der Waals surface area contributed by atoms with Crippen LogP contribution in [0.1, 0.15) is 0 Å². The topological polar surface area (TPSA) is 66.8 Å². The molecule has 0 amide bonds. The van der Waals surface area contributed by atoms with E-state index in [0.717, 1.165) is 74.8 Å². The van der Waals surface area contributed by atoms with Crippen molar-refractivity contribution in [2.45, 2.75) is 0 Å². The second-order valence-corrected chi connectivity index (χ2v) is 8.60. The molecule has 0 saturated carbocycles. The van der Waals surface area contributed by atoms with Gasteiger partial charge in [-0.05, 0) is 22.4 Å². The quantitative estimate of drug-likeness (QED) is 0.464. The van der Waals surface area contributed by atoms with Crippen LogP contribution in [0, 0.1) is 0 Å². The van der Waals surface area contributed by atoms with Crippen molar-refractivity contribution in [3.05, 3.63) is 66.7 Å². The molecular weight excluding hydrogens is 404 g/mol. The molecule has 0 aliphatic carbocycles. The molecule has 31 heavy (non-hydrogen) atoms. The van der Waals surface area contributed by atoms with Crippen molar-refractivity contribution in [2.24, 2.45) is 0 Å². The van der Waals surface area contributed by atoms with Crippen molar-refractivity contribution in [3.8, 4) is 22.4 Å². The standard InChI is InChI=1S/C24H20N6S/c1-3-7-16(8-4-1)18-15-19(17-9-5-2-6-10-17)26-24-20(18)21-22(31-24)23(28-29-27-21)30-13-11-25-12-14-30/h1-10,15,25H,11-14H2. The van der Waals surface area contributed by atoms with Crippen LogP contribution in [0.25, 0.3) is 42.8 Å². The SMILES string of the molecule is c1ccc(-c2cc(-c3ccccc3)c3c(n2)sc2c(N4CCNCC4)nnnc23)cc1. The molecule has 1 aliphatic rings. The maximum Gasteiger partial charge on any atom is 0.172 e. The lowest BCUT2D eigenvalue weighted by molar-refractivity contribution is 0.583. The van der Waals surface area contributed by atoms with Crippen LogP contribution in [0.15, 0.2) is 66.7 Å². The molecule has 0 radical (unpaired) electrons. The van der Waals surface area contributed by atoms with E-state index in [-0.39, 0.29) is 0 Å². The number of nitrogens with zero attached hydrogens (tertiary/aromatic N) is 5. The monoisotopic (exact) mass is 424 g/mol. The molecule has 5 aromatic rings. The number of nitrogens with one attached hydrogen (secondary N) is 1. The van der Waals surface area contributed by atoms with Gasteiger partial charge >= 0.3 is 0 Å². The molecular formula is C24H20N6S. The lowest BCUT2D eigenvalue weighted by atomic mass is 10.00. The van der Waals surface area contributed by atoms with Crippen LogP contribution in [-0.4, -0.2) is 46.6 Å². The van der Waals surface area contributed by atoms with Crippen molar-refractivity contribution in [1.82, 2.24) is 25.7 Å². The summed E-state index contributed by atoms with van der Waals surface area (Å²) >= 11 is 1.66. The zero-order valence-electron chi connectivity index (χ0n) is 16.8. The minimum Gasteiger partial charge on any atom is -0.351 e. The Morgan fingerprint density at radius 1 is 0.839 bits per heavy atom. The lowest BCUT2D eigenvalue weighted by Crippen LogP contribution is -2.44. The van der Waals surface area contributed by atoms with E-state index in [4.69, 9.17) is 4.98 Å². The van der Waals surface area contributed by atoms with Crippen LogP contribution in [0.5, 0.6) is 0 Å². The summed E-state index contributed by atoms with van der Waals surface area (Å²) in [7, 11) is 0. The van der Waals surface area contributed by atoms with Crippen molar-refractivity contribution in [2.75, 3.05) is 31.1 Å². The fourth-order valence-corrected chi connectivity index (χ4v) is 5.32. The number of hydrogen-bond acceptors (Lipinski definition) is 7. The highest BCUT2D eigenvalue weighted by atomic mass is 32.1. The molecule has 3 aromatic heterocycles. The normalized spacial score (nSPS) is 14.4. The fraction of sp³-hybridized carbons (Fsp3) is 0.167. The molecule has 2 aromatic carbocycles. The van der Waals surface area contributed by atoms with Gasteiger partial charge in [-0.2, -0.15) is 0 Å². The van der Waals surface area contributed by atoms with Crippen molar-refractivity contribution in [3.63, 3.8) is 0 Å². The first-order valence-corrected chi connectivity index (χ1v) is 11.2. The highest BCUT2D eigenvalue weighted by molar-refractivity contribution is 7.26. The first-order valence-electron chi connectivity index (χ1n) is 10.4. The van der Waals surface area contributed by atoms with E-state index >= 15 is 0 Å². The van der Waals surface area contributed by atoms with Crippen molar-refractivity contribution in [1.29, 1.82) is 0 Å². The zero-order valence-corrected chi connectivity index (χ0v) is 17.6. The van der Waals surface area contributed by atoms with Crippen LogP contribution in [0.2, 0.25) is 0 Å². The predicted octanol–water partition coefficient (Wildman–Crippen LogP) is 4.38. The molecule has 0 bridgehead atoms. The molecule has 6 rings (SSSR count). The van der Waals surface area contributed by atoms with Crippen LogP contribution in [-0.2, 0) is 0 Å². The molecule has 7 heteroatoms. The minimum absolute atomic E-state index is 0.884. The van der Waals surface area contributed by atoms with Gasteiger partial charge in [0.1, 0.15) is 15.0 Å². The van der Waals surface area contributed by atoms with Gasteiger partial charge in [0.2, 0.25) is 0 Å². The summed E-state index contributed by atoms with van der Waals surface area (Å²) in [6.07, 6.45) is 0. The fourth-order valence-electron chi connectivity index (χ4n) is 4.17. The Morgan fingerprint density at radius 2 is 1.55 bits per heavy atom. The van der Waals surface area contributed by atoms with Crippen LogP contribution in [0.3, 0.4) is 0 Å². The van der Waals surface area contributed by atoms with Crippen LogP contribution >= 0.6 is 11.3 Å². The molecule has 0 atom stereocenters. The van der Waals surface area contributed by atoms with Gasteiger partial charge in [0, 0.05) is 37.1 Å². The molecule has 0 spiro atoms. The zero-order chi connectivity index (χ0) is 20.6. The second kappa shape index (κ2) is 7.68. The average molecular weight is 425 g/mol. The second-order valence-electron chi connectivity index (χ2n) is 7.60. The highest BCUT2D eigenvalue weighted by Gasteiger charge is 2.22. The van der Waals surface area contributed by atoms with Crippen molar-refractivity contribution < 1.29 is 0 Å². The maximum atomic E-state index is 5.05. The number of fused-ring (bicyclic) bond motifs is 3. The van der Waals surface area contributed by atoms with Gasteiger partial charge in [0.05, 0.1) is 5.69 Å². The van der Waals surface area contributed by atoms with E-state index in [0.29, 0.717) is 0 Å². The number of benzene rings is 2. The first-order chi connectivity index (χ1) is 15.4. The van der Waals surface area contributed by atoms with E-state index in [9.17, 15) is 0 Å². The Balaban J connectivity index is 1.65. The van der Waals surface area contributed by atoms with Gasteiger partial charge in [-0.3, -0.25) is 0 Å². The summed E-state index contributed by atoms with van der Waals surface area (Å²) in [5, 5.41) is 17.5. The molecule has 1 aliphatic heterocycles. The Bertz CT molecular complexity index is 1360. The largest absolute Gasteiger partial charge is 0.351 e. The number of anilines is 1. The summed E-state index contributed by atoms with van der Waals surface area (Å²) < 4.78 is 1.06. The number of piperazine rings is 1. The number of aromatic nitrogens is 4. The van der Waals surface area contributed by atoms with Crippen LogP contribution in [0.4, 0.5) is 5.82 Å². The van der Waals surface area contributed by atoms with E-state index in [2.05, 4.69) is 68.1 Å². The van der Waals surface area contributed by atoms with Gasteiger partial charge in [0.25, 0.3) is 0 Å². The Hall–Kier alpha value is -3.42. The summed E-state index contributed by atoms with van der Waals surface area (Å²) in [5.74, 6) is 0.912. The summed E-state index contributed by atoms with van der Waals surface area (Å²) in [6, 6.07) is 22.9. The van der Waals surface area contributed by atoms with Crippen LogP contribution < -0.4 is 10.2 Å². The molecule has 1 N–H and O–H groups in total. The lowest BCUT2D eigenvalue weighted by Gasteiger charge is -2.27. The van der Waals surface area contributed by atoms with Gasteiger partial charge in [0.15, 0.2) is 5.82 Å². The molecule has 1 saturated heterocycles. The molecule has 152 valence electrons. The smallest absolute Gasteiger partial charge is 0.172 e. The van der Waals surface area contributed by atoms with Gasteiger partial charge in [-0.15, -0.1) is 21.5 Å². The van der Waals surface area contributed by atoms with E-state index in [1.54, 1.807) is 11.3 Å². The summed E-state index contributed by atoms with van der Waals surface area (Å²) in [6.45, 7) is 3.72. The maximum absolute atomic E-state index is 5.05.